The fraction of sp³-hybridized carbons (Fsp3) is 0.222. The van der Waals surface area contributed by atoms with Crippen LogP contribution in [0.25, 0.3) is 0 Å². The van der Waals surface area contributed by atoms with Crippen molar-refractivity contribution in [1.29, 1.82) is 0 Å². The molecule has 1 nitrogen and oxygen atoms in total. The maximum atomic E-state index is 12.4. The van der Waals surface area contributed by atoms with Crippen LogP contribution in [0.2, 0.25) is 0 Å². The lowest BCUT2D eigenvalue weighted by Gasteiger charge is -2.07. The van der Waals surface area contributed by atoms with E-state index >= 15 is 0 Å². The molecule has 0 bridgehead atoms. The molecule has 0 aliphatic carbocycles. The van der Waals surface area contributed by atoms with Gasteiger partial charge in [-0.3, -0.25) is 0 Å². The Hall–Kier alpha value is -1.38. The summed E-state index contributed by atoms with van der Waals surface area (Å²) in [5.41, 5.74) is 3.40. The van der Waals surface area contributed by atoms with Crippen molar-refractivity contribution in [1.82, 2.24) is 0 Å². The molecule has 1 atom stereocenters. The Bertz CT molecular complexity index is 645. The monoisotopic (exact) mass is 318 g/mol. The van der Waals surface area contributed by atoms with Gasteiger partial charge in [0.05, 0.1) is 10.8 Å². The van der Waals surface area contributed by atoms with Crippen molar-refractivity contribution >= 4 is 22.4 Å². The lowest BCUT2D eigenvalue weighted by Crippen LogP contribution is -1.96. The molecule has 110 valence electrons. The van der Waals surface area contributed by atoms with Gasteiger partial charge in [0.15, 0.2) is 0 Å². The molecule has 2 aromatic rings. The van der Waals surface area contributed by atoms with Crippen LogP contribution >= 0.6 is 11.6 Å². The van der Waals surface area contributed by atoms with Gasteiger partial charge in [0.25, 0.3) is 0 Å². The largest absolute Gasteiger partial charge is 0.248 e. The zero-order valence-corrected chi connectivity index (χ0v) is 13.9. The Morgan fingerprint density at radius 1 is 1.05 bits per heavy atom. The third-order valence-electron chi connectivity index (χ3n) is 3.36. The van der Waals surface area contributed by atoms with Crippen molar-refractivity contribution in [2.75, 3.05) is 0 Å². The Balaban J connectivity index is 2.07. The first-order valence-corrected chi connectivity index (χ1v) is 8.48. The number of allylic oxidation sites excluding steroid dienone is 1. The molecule has 0 N–H and O–H groups in total. The molecule has 3 heteroatoms. The Morgan fingerprint density at radius 2 is 1.67 bits per heavy atom. The fourth-order valence-electron chi connectivity index (χ4n) is 2.00. The van der Waals surface area contributed by atoms with Crippen molar-refractivity contribution in [3.8, 4) is 0 Å². The number of hydrogen-bond acceptors (Lipinski definition) is 1. The predicted octanol–water partition coefficient (Wildman–Crippen LogP) is 5.21. The molecule has 1 unspecified atom stereocenters. The third-order valence-corrected chi connectivity index (χ3v) is 5.48. The van der Waals surface area contributed by atoms with Gasteiger partial charge in [-0.2, -0.15) is 0 Å². The molecule has 0 aromatic heterocycles. The average molecular weight is 319 g/mol. The van der Waals surface area contributed by atoms with Gasteiger partial charge in [-0.25, -0.2) is 4.21 Å². The van der Waals surface area contributed by atoms with Crippen molar-refractivity contribution in [2.24, 2.45) is 0 Å². The first kappa shape index (κ1) is 16.0. The van der Waals surface area contributed by atoms with Gasteiger partial charge in [0, 0.05) is 4.90 Å². The summed E-state index contributed by atoms with van der Waals surface area (Å²) in [6.07, 6.45) is 1.73. The summed E-state index contributed by atoms with van der Waals surface area (Å²) in [7, 11) is -1.28. The lowest BCUT2D eigenvalue weighted by molar-refractivity contribution is 0.687. The van der Waals surface area contributed by atoms with Crippen LogP contribution in [0.1, 0.15) is 24.5 Å². The normalized spacial score (nSPS) is 13.7. The zero-order chi connectivity index (χ0) is 15.2. The summed E-state index contributed by atoms with van der Waals surface area (Å²) in [5.74, 6) is 0. The Morgan fingerprint density at radius 3 is 2.29 bits per heavy atom. The molecule has 2 rings (SSSR count). The standard InChI is InChI=1S/C18H19ClOS/c1-14-8-12-17(13-9-14)21(20)18(19)15(2)10-11-16-6-4-3-5-7-16/h3-9,12-13H,10-11H2,1-2H3/b18-15+. The van der Waals surface area contributed by atoms with Crippen molar-refractivity contribution in [3.63, 3.8) is 0 Å². The smallest absolute Gasteiger partial charge is 0.108 e. The number of rotatable bonds is 5. The van der Waals surface area contributed by atoms with Gasteiger partial charge < -0.3 is 0 Å². The van der Waals surface area contributed by atoms with E-state index < -0.39 is 10.8 Å². The second kappa shape index (κ2) is 7.58. The molecular weight excluding hydrogens is 300 g/mol. The maximum absolute atomic E-state index is 12.4. The van der Waals surface area contributed by atoms with E-state index in [1.165, 1.54) is 5.56 Å². The highest BCUT2D eigenvalue weighted by molar-refractivity contribution is 7.90. The van der Waals surface area contributed by atoms with E-state index in [1.54, 1.807) is 0 Å². The molecule has 0 fully saturated rings. The van der Waals surface area contributed by atoms with Crippen LogP contribution in [-0.4, -0.2) is 4.21 Å². The minimum Gasteiger partial charge on any atom is -0.248 e. The summed E-state index contributed by atoms with van der Waals surface area (Å²) >= 11 is 6.30. The number of benzene rings is 2. The van der Waals surface area contributed by atoms with Crippen LogP contribution in [0.3, 0.4) is 0 Å². The van der Waals surface area contributed by atoms with Crippen LogP contribution in [-0.2, 0) is 17.2 Å². The molecular formula is C18H19ClOS. The molecule has 0 aliphatic rings. The van der Waals surface area contributed by atoms with Gasteiger partial charge in [-0.1, -0.05) is 59.6 Å². The second-order valence-electron chi connectivity index (χ2n) is 5.12. The van der Waals surface area contributed by atoms with Gasteiger partial charge in [0.1, 0.15) is 4.36 Å². The van der Waals surface area contributed by atoms with E-state index in [-0.39, 0.29) is 0 Å². The summed E-state index contributed by atoms with van der Waals surface area (Å²) in [6.45, 7) is 3.96. The molecule has 21 heavy (non-hydrogen) atoms. The van der Waals surface area contributed by atoms with E-state index in [1.807, 2.05) is 56.3 Å². The highest BCUT2D eigenvalue weighted by Crippen LogP contribution is 2.24. The average Bonchev–Trinajstić information content (AvgIpc) is 2.53. The van der Waals surface area contributed by atoms with Gasteiger partial charge in [-0.15, -0.1) is 0 Å². The van der Waals surface area contributed by atoms with E-state index in [0.717, 1.165) is 28.9 Å². The van der Waals surface area contributed by atoms with Crippen molar-refractivity contribution < 1.29 is 4.21 Å². The number of hydrogen-bond donors (Lipinski definition) is 0. The number of aryl methyl sites for hydroxylation is 2. The molecule has 0 spiro atoms. The predicted molar refractivity (Wildman–Crippen MR) is 90.9 cm³/mol. The van der Waals surface area contributed by atoms with Crippen molar-refractivity contribution in [3.05, 3.63) is 75.7 Å². The first-order chi connectivity index (χ1) is 10.1. The van der Waals surface area contributed by atoms with Crippen LogP contribution in [0.15, 0.2) is 69.4 Å². The van der Waals surface area contributed by atoms with Crippen LogP contribution in [0, 0.1) is 6.92 Å². The van der Waals surface area contributed by atoms with Gasteiger partial charge in [-0.05, 0) is 50.0 Å². The Labute approximate surface area is 134 Å². The summed E-state index contributed by atoms with van der Waals surface area (Å²) in [6, 6.07) is 17.9. The van der Waals surface area contributed by atoms with E-state index in [2.05, 4.69) is 12.1 Å². The zero-order valence-electron chi connectivity index (χ0n) is 12.3. The molecule has 0 saturated carbocycles. The topological polar surface area (TPSA) is 17.1 Å². The Kier molecular flexibility index (Phi) is 5.77. The molecule has 0 saturated heterocycles. The summed E-state index contributed by atoms with van der Waals surface area (Å²) in [5, 5.41) is 0. The number of halogens is 1. The van der Waals surface area contributed by atoms with E-state index in [4.69, 9.17) is 11.6 Å². The second-order valence-corrected chi connectivity index (χ2v) is 7.14. The molecule has 0 aliphatic heterocycles. The molecule has 0 radical (unpaired) electrons. The molecule has 0 amide bonds. The van der Waals surface area contributed by atoms with Gasteiger partial charge in [0.2, 0.25) is 0 Å². The van der Waals surface area contributed by atoms with Crippen LogP contribution < -0.4 is 0 Å². The van der Waals surface area contributed by atoms with Gasteiger partial charge >= 0.3 is 0 Å². The quantitative estimate of drug-likeness (QED) is 0.740. The fourth-order valence-corrected chi connectivity index (χ4v) is 3.37. The lowest BCUT2D eigenvalue weighted by atomic mass is 10.1. The highest BCUT2D eigenvalue weighted by atomic mass is 35.5. The summed E-state index contributed by atoms with van der Waals surface area (Å²) < 4.78 is 12.9. The molecule has 0 heterocycles. The SMILES string of the molecule is C/C(CCc1ccccc1)=C(/Cl)S(=O)c1ccc(C)cc1. The third kappa shape index (κ3) is 4.55. The first-order valence-electron chi connectivity index (χ1n) is 6.95. The highest BCUT2D eigenvalue weighted by Gasteiger charge is 2.11. The minimum atomic E-state index is -1.28. The van der Waals surface area contributed by atoms with Crippen molar-refractivity contribution in [2.45, 2.75) is 31.6 Å². The summed E-state index contributed by atoms with van der Waals surface area (Å²) in [4.78, 5) is 0.754. The van der Waals surface area contributed by atoms with E-state index in [9.17, 15) is 4.21 Å². The minimum absolute atomic E-state index is 0.454. The van der Waals surface area contributed by atoms with E-state index in [0.29, 0.717) is 4.36 Å². The molecule has 2 aromatic carbocycles. The van der Waals surface area contributed by atoms with Crippen LogP contribution in [0.5, 0.6) is 0 Å². The van der Waals surface area contributed by atoms with Crippen LogP contribution in [0.4, 0.5) is 0 Å². The maximum Gasteiger partial charge on any atom is 0.108 e.